The predicted octanol–water partition coefficient (Wildman–Crippen LogP) is 1.76. The molecule has 1 amide bonds. The van der Waals surface area contributed by atoms with Crippen molar-refractivity contribution >= 4 is 15.9 Å². The first-order valence-electron chi connectivity index (χ1n) is 8.36. The SMILES string of the molecule is Cc1ccc(CNS(=O)(=O)c2ccc(C(=O)NCCN(C)C)cc2)cc1. The van der Waals surface area contributed by atoms with Gasteiger partial charge in [-0.25, -0.2) is 13.1 Å². The van der Waals surface area contributed by atoms with Crippen molar-refractivity contribution in [1.82, 2.24) is 14.9 Å². The van der Waals surface area contributed by atoms with Crippen LogP contribution in [0.5, 0.6) is 0 Å². The van der Waals surface area contributed by atoms with E-state index in [1.54, 1.807) is 0 Å². The van der Waals surface area contributed by atoms with Gasteiger partial charge in [0.25, 0.3) is 5.91 Å². The number of nitrogens with one attached hydrogen (secondary N) is 2. The zero-order valence-corrected chi connectivity index (χ0v) is 16.1. The smallest absolute Gasteiger partial charge is 0.251 e. The molecule has 0 atom stereocenters. The highest BCUT2D eigenvalue weighted by Crippen LogP contribution is 2.12. The molecule has 0 radical (unpaired) electrons. The summed E-state index contributed by atoms with van der Waals surface area (Å²) in [6, 6.07) is 13.6. The van der Waals surface area contributed by atoms with Gasteiger partial charge >= 0.3 is 0 Å². The zero-order chi connectivity index (χ0) is 19.2. The predicted molar refractivity (Wildman–Crippen MR) is 103 cm³/mol. The fraction of sp³-hybridized carbons (Fsp3) is 0.316. The zero-order valence-electron chi connectivity index (χ0n) is 15.3. The third-order valence-corrected chi connectivity index (χ3v) is 5.28. The molecule has 0 aliphatic heterocycles. The van der Waals surface area contributed by atoms with Crippen molar-refractivity contribution in [2.24, 2.45) is 0 Å². The van der Waals surface area contributed by atoms with Gasteiger partial charge in [-0.05, 0) is 50.8 Å². The monoisotopic (exact) mass is 375 g/mol. The summed E-state index contributed by atoms with van der Waals surface area (Å²) in [7, 11) is 0.224. The number of likely N-dealkylation sites (N-methyl/N-ethyl adjacent to an activating group) is 1. The minimum Gasteiger partial charge on any atom is -0.351 e. The highest BCUT2D eigenvalue weighted by molar-refractivity contribution is 7.89. The number of carbonyl (C=O) groups is 1. The van der Waals surface area contributed by atoms with Gasteiger partial charge in [-0.15, -0.1) is 0 Å². The van der Waals surface area contributed by atoms with Crippen LogP contribution >= 0.6 is 0 Å². The summed E-state index contributed by atoms with van der Waals surface area (Å²) in [6.07, 6.45) is 0. The van der Waals surface area contributed by atoms with Gasteiger partial charge in [0.15, 0.2) is 0 Å². The van der Waals surface area contributed by atoms with Crippen molar-refractivity contribution < 1.29 is 13.2 Å². The summed E-state index contributed by atoms with van der Waals surface area (Å²) in [5.41, 5.74) is 2.44. The van der Waals surface area contributed by atoms with E-state index in [0.29, 0.717) is 12.1 Å². The summed E-state index contributed by atoms with van der Waals surface area (Å²) in [6.45, 7) is 3.46. The summed E-state index contributed by atoms with van der Waals surface area (Å²) in [4.78, 5) is 14.1. The lowest BCUT2D eigenvalue weighted by molar-refractivity contribution is 0.0951. The second-order valence-electron chi connectivity index (χ2n) is 6.39. The molecule has 0 saturated heterocycles. The van der Waals surface area contributed by atoms with E-state index in [9.17, 15) is 13.2 Å². The van der Waals surface area contributed by atoms with Crippen LogP contribution in [0.4, 0.5) is 0 Å². The number of hydrogen-bond donors (Lipinski definition) is 2. The van der Waals surface area contributed by atoms with Crippen molar-refractivity contribution in [3.05, 3.63) is 65.2 Å². The van der Waals surface area contributed by atoms with Gasteiger partial charge in [-0.2, -0.15) is 0 Å². The summed E-state index contributed by atoms with van der Waals surface area (Å²) < 4.78 is 27.3. The largest absolute Gasteiger partial charge is 0.351 e. The lowest BCUT2D eigenvalue weighted by Crippen LogP contribution is -2.31. The van der Waals surface area contributed by atoms with Crippen LogP contribution in [0.1, 0.15) is 21.5 Å². The Morgan fingerprint density at radius 1 is 1.00 bits per heavy atom. The number of hydrogen-bond acceptors (Lipinski definition) is 4. The van der Waals surface area contributed by atoms with Crippen molar-refractivity contribution in [2.45, 2.75) is 18.4 Å². The number of rotatable bonds is 8. The fourth-order valence-corrected chi connectivity index (χ4v) is 3.27. The van der Waals surface area contributed by atoms with Gasteiger partial charge < -0.3 is 10.2 Å². The molecule has 0 aliphatic rings. The van der Waals surface area contributed by atoms with E-state index in [1.165, 1.54) is 24.3 Å². The Morgan fingerprint density at radius 3 is 2.19 bits per heavy atom. The second kappa shape index (κ2) is 8.93. The van der Waals surface area contributed by atoms with Crippen LogP contribution in [-0.4, -0.2) is 46.4 Å². The van der Waals surface area contributed by atoms with E-state index in [1.807, 2.05) is 50.2 Å². The van der Waals surface area contributed by atoms with Gasteiger partial charge in [-0.3, -0.25) is 4.79 Å². The van der Waals surface area contributed by atoms with Crippen LogP contribution in [-0.2, 0) is 16.6 Å². The summed E-state index contributed by atoms with van der Waals surface area (Å²) in [5.74, 6) is -0.219. The molecule has 2 aromatic carbocycles. The lowest BCUT2D eigenvalue weighted by Gasteiger charge is -2.11. The lowest BCUT2D eigenvalue weighted by atomic mass is 10.2. The normalized spacial score (nSPS) is 11.5. The molecule has 0 unspecified atom stereocenters. The number of aryl methyl sites for hydroxylation is 1. The molecule has 0 saturated carbocycles. The molecular weight excluding hydrogens is 350 g/mol. The average molecular weight is 375 g/mol. The first-order valence-corrected chi connectivity index (χ1v) is 9.84. The molecule has 0 bridgehead atoms. The van der Waals surface area contributed by atoms with Crippen LogP contribution in [0.25, 0.3) is 0 Å². The molecule has 140 valence electrons. The van der Waals surface area contributed by atoms with Gasteiger partial charge in [-0.1, -0.05) is 29.8 Å². The van der Waals surface area contributed by atoms with E-state index in [0.717, 1.165) is 17.7 Å². The number of sulfonamides is 1. The molecule has 2 N–H and O–H groups in total. The van der Waals surface area contributed by atoms with E-state index in [2.05, 4.69) is 10.0 Å². The van der Waals surface area contributed by atoms with E-state index in [-0.39, 0.29) is 17.3 Å². The van der Waals surface area contributed by atoms with Crippen LogP contribution in [0, 0.1) is 6.92 Å². The minimum absolute atomic E-state index is 0.134. The molecule has 7 heteroatoms. The fourth-order valence-electron chi connectivity index (χ4n) is 2.25. The number of nitrogens with zero attached hydrogens (tertiary/aromatic N) is 1. The van der Waals surface area contributed by atoms with Crippen molar-refractivity contribution in [1.29, 1.82) is 0 Å². The first-order chi connectivity index (χ1) is 12.3. The third kappa shape index (κ3) is 5.94. The molecular formula is C19H25N3O3S. The standard InChI is InChI=1S/C19H25N3O3S/c1-15-4-6-16(7-5-15)14-21-26(24,25)18-10-8-17(9-11-18)19(23)20-12-13-22(2)3/h4-11,21H,12-14H2,1-3H3,(H,20,23). The van der Waals surface area contributed by atoms with E-state index in [4.69, 9.17) is 0 Å². The number of amides is 1. The molecule has 2 rings (SSSR count). The maximum atomic E-state index is 12.4. The Labute approximate surface area is 155 Å². The van der Waals surface area contributed by atoms with Crippen molar-refractivity contribution in [3.63, 3.8) is 0 Å². The van der Waals surface area contributed by atoms with Crippen LogP contribution in [0.15, 0.2) is 53.4 Å². The summed E-state index contributed by atoms with van der Waals surface area (Å²) >= 11 is 0. The van der Waals surface area contributed by atoms with Crippen molar-refractivity contribution in [2.75, 3.05) is 27.2 Å². The molecule has 0 heterocycles. The average Bonchev–Trinajstić information content (AvgIpc) is 2.61. The Hall–Kier alpha value is -2.22. The molecule has 2 aromatic rings. The molecule has 26 heavy (non-hydrogen) atoms. The molecule has 0 aliphatic carbocycles. The van der Waals surface area contributed by atoms with Gasteiger partial charge in [0.05, 0.1) is 4.90 Å². The quantitative estimate of drug-likeness (QED) is 0.737. The molecule has 0 spiro atoms. The second-order valence-corrected chi connectivity index (χ2v) is 8.16. The molecule has 0 fully saturated rings. The Balaban J connectivity index is 1.97. The highest BCUT2D eigenvalue weighted by Gasteiger charge is 2.14. The van der Waals surface area contributed by atoms with Gasteiger partial charge in [0, 0.05) is 25.2 Å². The van der Waals surface area contributed by atoms with E-state index >= 15 is 0 Å². The van der Waals surface area contributed by atoms with Crippen molar-refractivity contribution in [3.8, 4) is 0 Å². The maximum Gasteiger partial charge on any atom is 0.251 e. The van der Waals surface area contributed by atoms with Crippen LogP contribution in [0.2, 0.25) is 0 Å². The first kappa shape index (κ1) is 20.1. The topological polar surface area (TPSA) is 78.5 Å². The number of benzene rings is 2. The maximum absolute atomic E-state index is 12.4. The minimum atomic E-state index is -3.63. The van der Waals surface area contributed by atoms with Gasteiger partial charge in [0.1, 0.15) is 0 Å². The van der Waals surface area contributed by atoms with Gasteiger partial charge in [0.2, 0.25) is 10.0 Å². The van der Waals surface area contributed by atoms with Crippen LogP contribution < -0.4 is 10.0 Å². The third-order valence-electron chi connectivity index (χ3n) is 3.86. The highest BCUT2D eigenvalue weighted by atomic mass is 32.2. The Morgan fingerprint density at radius 2 is 1.62 bits per heavy atom. The molecule has 6 nitrogen and oxygen atoms in total. The Kier molecular flexibility index (Phi) is 6.90. The molecule has 0 aromatic heterocycles. The number of carbonyl (C=O) groups excluding carboxylic acids is 1. The van der Waals surface area contributed by atoms with Crippen LogP contribution in [0.3, 0.4) is 0 Å². The van der Waals surface area contributed by atoms with E-state index < -0.39 is 10.0 Å². The Bertz CT molecular complexity index is 829. The summed E-state index contributed by atoms with van der Waals surface area (Å²) in [5, 5.41) is 2.79.